The van der Waals surface area contributed by atoms with E-state index in [1.54, 1.807) is 25.0 Å². The Morgan fingerprint density at radius 1 is 1.25 bits per heavy atom. The van der Waals surface area contributed by atoms with Crippen molar-refractivity contribution in [2.24, 2.45) is 7.05 Å². The van der Waals surface area contributed by atoms with Crippen molar-refractivity contribution in [3.8, 4) is 0 Å². The van der Waals surface area contributed by atoms with Gasteiger partial charge in [-0.15, -0.1) is 0 Å². The lowest BCUT2D eigenvalue weighted by molar-refractivity contribution is -0.173. The van der Waals surface area contributed by atoms with Gasteiger partial charge in [-0.25, -0.2) is 4.68 Å². The first-order valence-corrected chi connectivity index (χ1v) is 10.3. The van der Waals surface area contributed by atoms with Gasteiger partial charge in [-0.1, -0.05) is 29.8 Å². The normalized spacial score (nSPS) is 18.2. The summed E-state index contributed by atoms with van der Waals surface area (Å²) < 4.78 is 44.2. The van der Waals surface area contributed by atoms with Crippen molar-refractivity contribution in [3.05, 3.63) is 64.6 Å². The second-order valence-electron chi connectivity index (χ2n) is 8.30. The van der Waals surface area contributed by atoms with E-state index in [4.69, 9.17) is 0 Å². The highest BCUT2D eigenvalue weighted by molar-refractivity contribution is 5.93. The van der Waals surface area contributed by atoms with Crippen LogP contribution < -0.4 is 5.32 Å². The van der Waals surface area contributed by atoms with E-state index in [0.29, 0.717) is 0 Å². The summed E-state index contributed by atoms with van der Waals surface area (Å²) in [7, 11) is 3.40. The first-order chi connectivity index (χ1) is 15.0. The molecule has 0 aliphatic carbocycles. The monoisotopic (exact) mass is 446 g/mol. The highest BCUT2D eigenvalue weighted by Crippen LogP contribution is 2.43. The molecule has 3 heterocycles. The van der Waals surface area contributed by atoms with E-state index in [1.165, 1.54) is 11.0 Å². The number of carbonyl (C=O) groups is 1. The maximum absolute atomic E-state index is 13.9. The molecule has 2 atom stereocenters. The Morgan fingerprint density at radius 2 is 1.94 bits per heavy atom. The van der Waals surface area contributed by atoms with Gasteiger partial charge in [0.1, 0.15) is 5.82 Å². The third-order valence-corrected chi connectivity index (χ3v) is 5.98. The number of rotatable bonds is 4. The topological polar surface area (TPSA) is 68.0 Å². The van der Waals surface area contributed by atoms with Gasteiger partial charge in [0.25, 0.3) is 5.91 Å². The Morgan fingerprint density at radius 3 is 2.53 bits per heavy atom. The predicted molar refractivity (Wildman–Crippen MR) is 113 cm³/mol. The van der Waals surface area contributed by atoms with Gasteiger partial charge in [0.2, 0.25) is 0 Å². The van der Waals surface area contributed by atoms with Crippen LogP contribution in [0.5, 0.6) is 0 Å². The maximum atomic E-state index is 13.9. The lowest BCUT2D eigenvalue weighted by Crippen LogP contribution is -2.35. The van der Waals surface area contributed by atoms with Crippen molar-refractivity contribution < 1.29 is 18.0 Å². The number of nitrogens with zero attached hydrogens (tertiary/aromatic N) is 5. The molecule has 1 aromatic carbocycles. The van der Waals surface area contributed by atoms with Crippen molar-refractivity contribution in [1.82, 2.24) is 24.5 Å². The van der Waals surface area contributed by atoms with Gasteiger partial charge < -0.3 is 10.2 Å². The lowest BCUT2D eigenvalue weighted by atomic mass is 9.96. The smallest absolute Gasteiger partial charge is 0.363 e. The van der Waals surface area contributed by atoms with E-state index in [-0.39, 0.29) is 24.5 Å². The highest BCUT2D eigenvalue weighted by Gasteiger charge is 2.46. The zero-order valence-corrected chi connectivity index (χ0v) is 18.3. The molecule has 1 N–H and O–H groups in total. The van der Waals surface area contributed by atoms with Crippen molar-refractivity contribution in [3.63, 3.8) is 0 Å². The summed E-state index contributed by atoms with van der Waals surface area (Å²) in [5, 5.41) is 11.3. The van der Waals surface area contributed by atoms with Crippen molar-refractivity contribution in [2.45, 2.75) is 45.1 Å². The van der Waals surface area contributed by atoms with Gasteiger partial charge in [0.05, 0.1) is 12.2 Å². The number of aryl methyl sites for hydroxylation is 2. The van der Waals surface area contributed by atoms with E-state index in [1.807, 2.05) is 38.1 Å². The summed E-state index contributed by atoms with van der Waals surface area (Å²) in [4.78, 5) is 14.4. The van der Waals surface area contributed by atoms with Gasteiger partial charge in [-0.05, 0) is 19.4 Å². The molecule has 7 nitrogen and oxygen atoms in total. The average Bonchev–Trinajstić information content (AvgIpc) is 3.30. The summed E-state index contributed by atoms with van der Waals surface area (Å²) in [5.41, 5.74) is 3.53. The fraction of sp³-hybridized carbons (Fsp3) is 0.409. The molecule has 1 aliphatic rings. The second-order valence-corrected chi connectivity index (χ2v) is 8.30. The molecule has 10 heteroatoms. The Kier molecular flexibility index (Phi) is 5.47. The molecule has 170 valence electrons. The number of fused-ring (bicyclic) bond motifs is 1. The van der Waals surface area contributed by atoms with Gasteiger partial charge in [-0.3, -0.25) is 9.48 Å². The molecule has 0 saturated carbocycles. The highest BCUT2D eigenvalue weighted by atomic mass is 19.4. The molecule has 0 fully saturated rings. The number of hydrogen-bond acceptors (Lipinski definition) is 4. The number of benzene rings is 1. The van der Waals surface area contributed by atoms with Gasteiger partial charge in [0, 0.05) is 44.4 Å². The zero-order chi connectivity index (χ0) is 23.2. The minimum absolute atomic E-state index is 0.0321. The third-order valence-electron chi connectivity index (χ3n) is 5.98. The van der Waals surface area contributed by atoms with Gasteiger partial charge in [0.15, 0.2) is 11.7 Å². The minimum atomic E-state index is -4.50. The molecule has 0 radical (unpaired) electrons. The van der Waals surface area contributed by atoms with Crippen LogP contribution in [-0.2, 0) is 13.6 Å². The van der Waals surface area contributed by atoms with Crippen LogP contribution in [0, 0.1) is 13.8 Å². The molecule has 0 bridgehead atoms. The summed E-state index contributed by atoms with van der Waals surface area (Å²) in [6, 6.07) is 6.42. The Balaban J connectivity index is 1.61. The summed E-state index contributed by atoms with van der Waals surface area (Å²) in [6.07, 6.45) is -3.03. The largest absolute Gasteiger partial charge is 0.410 e. The van der Waals surface area contributed by atoms with Gasteiger partial charge in [-0.2, -0.15) is 23.4 Å². The fourth-order valence-corrected chi connectivity index (χ4v) is 3.92. The second kappa shape index (κ2) is 7.99. The van der Waals surface area contributed by atoms with Crippen LogP contribution in [0.3, 0.4) is 0 Å². The van der Waals surface area contributed by atoms with Crippen LogP contribution in [0.4, 0.5) is 19.0 Å². The maximum Gasteiger partial charge on any atom is 0.410 e. The standard InChI is InChI=1S/C22H25F3N6O/c1-13-5-7-15(8-6-13)17-9-19(22(23,24)25)31-20(27-17)10-18(28-31)21(32)29(3)12-16-11-26-30(4)14(16)2/h5-8,10-11,17,19,27H,9,12H2,1-4H3/t17-,19-/m0/s1. The molecule has 0 spiro atoms. The van der Waals surface area contributed by atoms with Crippen LogP contribution in [0.15, 0.2) is 36.5 Å². The Bertz CT molecular complexity index is 1130. The number of nitrogens with one attached hydrogen (secondary N) is 1. The fourth-order valence-electron chi connectivity index (χ4n) is 3.92. The molecular weight excluding hydrogens is 421 g/mol. The first kappa shape index (κ1) is 21.9. The van der Waals surface area contributed by atoms with Crippen molar-refractivity contribution in [1.29, 1.82) is 0 Å². The molecule has 3 aromatic rings. The number of halogens is 3. The molecule has 1 aliphatic heterocycles. The number of amides is 1. The quantitative estimate of drug-likeness (QED) is 0.653. The summed E-state index contributed by atoms with van der Waals surface area (Å²) in [5.74, 6) is -0.275. The van der Waals surface area contributed by atoms with E-state index in [9.17, 15) is 18.0 Å². The molecule has 0 unspecified atom stereocenters. The molecule has 1 amide bonds. The SMILES string of the molecule is Cc1ccc([C@@H]2C[C@@H](C(F)(F)F)n3nc(C(=O)N(C)Cc4cnn(C)c4C)cc3N2)cc1. The molecule has 0 saturated heterocycles. The lowest BCUT2D eigenvalue weighted by Gasteiger charge is -2.33. The van der Waals surface area contributed by atoms with Crippen LogP contribution in [0.25, 0.3) is 0 Å². The Hall–Kier alpha value is -3.30. The Labute approximate surface area is 183 Å². The van der Waals surface area contributed by atoms with Crippen LogP contribution in [-0.4, -0.2) is 43.6 Å². The first-order valence-electron chi connectivity index (χ1n) is 10.3. The van der Waals surface area contributed by atoms with Crippen LogP contribution in [0.2, 0.25) is 0 Å². The number of aromatic nitrogens is 4. The van der Waals surface area contributed by atoms with E-state index >= 15 is 0 Å². The average molecular weight is 446 g/mol. The zero-order valence-electron chi connectivity index (χ0n) is 18.3. The number of anilines is 1. The van der Waals surface area contributed by atoms with E-state index < -0.39 is 24.2 Å². The van der Waals surface area contributed by atoms with Crippen LogP contribution >= 0.6 is 0 Å². The van der Waals surface area contributed by atoms with Gasteiger partial charge >= 0.3 is 6.18 Å². The summed E-state index contributed by atoms with van der Waals surface area (Å²) >= 11 is 0. The summed E-state index contributed by atoms with van der Waals surface area (Å²) in [6.45, 7) is 4.09. The number of hydrogen-bond donors (Lipinski definition) is 1. The molecule has 32 heavy (non-hydrogen) atoms. The minimum Gasteiger partial charge on any atom is -0.363 e. The van der Waals surface area contributed by atoms with Crippen molar-refractivity contribution in [2.75, 3.05) is 12.4 Å². The number of carbonyl (C=O) groups excluding carboxylic acids is 1. The third kappa shape index (κ3) is 4.09. The van der Waals surface area contributed by atoms with Crippen LogP contribution in [0.1, 0.15) is 51.4 Å². The van der Waals surface area contributed by atoms with E-state index in [2.05, 4.69) is 15.5 Å². The molecule has 4 rings (SSSR count). The van der Waals surface area contributed by atoms with Crippen molar-refractivity contribution >= 4 is 11.7 Å². The number of alkyl halides is 3. The molecular formula is C22H25F3N6O. The van der Waals surface area contributed by atoms with E-state index in [0.717, 1.165) is 27.1 Å². The molecule has 2 aromatic heterocycles. The predicted octanol–water partition coefficient (Wildman–Crippen LogP) is 4.17.